The maximum Gasteiger partial charge on any atom is 0.321 e. The molecule has 1 heterocycles. The van der Waals surface area contributed by atoms with Gasteiger partial charge in [-0.05, 0) is 19.5 Å². The zero-order valence-corrected chi connectivity index (χ0v) is 13.1. The van der Waals surface area contributed by atoms with E-state index in [1.807, 2.05) is 30.3 Å². The number of esters is 1. The smallest absolute Gasteiger partial charge is 0.321 e. The number of likely N-dealkylation sites (tertiary alicyclic amines) is 1. The van der Waals surface area contributed by atoms with Crippen LogP contribution < -0.4 is 0 Å². The predicted octanol–water partition coefficient (Wildman–Crippen LogP) is 3.02. The number of benzene rings is 1. The lowest BCUT2D eigenvalue weighted by molar-refractivity contribution is -0.176. The second-order valence-electron chi connectivity index (χ2n) is 5.62. The molecule has 0 aliphatic carbocycles. The van der Waals surface area contributed by atoms with E-state index >= 15 is 0 Å². The molecule has 0 unspecified atom stereocenters. The van der Waals surface area contributed by atoms with Crippen molar-refractivity contribution in [2.24, 2.45) is 5.92 Å². The molecule has 3 atom stereocenters. The standard InChI is InChI=1S/C16H22ClNO2/c1-12-13(2)18(3)10-9-16(12,20-15(19)11-17)14-7-5-4-6-8-14/h4-8,12-13H,9-11H2,1-3H3/t12-,13+,16+/m0/s1. The molecule has 110 valence electrons. The molecule has 1 aromatic carbocycles. The van der Waals surface area contributed by atoms with Gasteiger partial charge in [-0.1, -0.05) is 37.3 Å². The van der Waals surface area contributed by atoms with Gasteiger partial charge in [0.25, 0.3) is 0 Å². The molecule has 1 aromatic rings. The molecule has 0 aromatic heterocycles. The van der Waals surface area contributed by atoms with E-state index in [1.165, 1.54) is 0 Å². The number of rotatable bonds is 3. The number of carbonyl (C=O) groups is 1. The van der Waals surface area contributed by atoms with Gasteiger partial charge in [0.1, 0.15) is 11.5 Å². The third-order valence-corrected chi connectivity index (χ3v) is 4.88. The SMILES string of the molecule is C[C@@H]1[C@H](C)[C@@](OC(=O)CCl)(c2ccccc2)CCN1C. The van der Waals surface area contributed by atoms with Crippen molar-refractivity contribution >= 4 is 17.6 Å². The van der Waals surface area contributed by atoms with Crippen LogP contribution >= 0.6 is 11.6 Å². The zero-order valence-electron chi connectivity index (χ0n) is 12.3. The Balaban J connectivity index is 2.42. The van der Waals surface area contributed by atoms with E-state index in [0.29, 0.717) is 6.04 Å². The molecule has 1 aliphatic heterocycles. The first kappa shape index (κ1) is 15.3. The van der Waals surface area contributed by atoms with Crippen LogP contribution in [-0.4, -0.2) is 36.4 Å². The van der Waals surface area contributed by atoms with Gasteiger partial charge >= 0.3 is 5.97 Å². The molecule has 0 saturated carbocycles. The van der Waals surface area contributed by atoms with Crippen LogP contribution in [0.3, 0.4) is 0 Å². The minimum absolute atomic E-state index is 0.106. The maximum absolute atomic E-state index is 11.8. The molecule has 0 bridgehead atoms. The van der Waals surface area contributed by atoms with Crippen molar-refractivity contribution in [3.63, 3.8) is 0 Å². The van der Waals surface area contributed by atoms with E-state index in [4.69, 9.17) is 16.3 Å². The summed E-state index contributed by atoms with van der Waals surface area (Å²) >= 11 is 5.65. The van der Waals surface area contributed by atoms with Crippen molar-refractivity contribution in [2.75, 3.05) is 19.5 Å². The van der Waals surface area contributed by atoms with Gasteiger partial charge in [-0.2, -0.15) is 0 Å². The molecule has 3 nitrogen and oxygen atoms in total. The summed E-state index contributed by atoms with van der Waals surface area (Å²) in [7, 11) is 2.11. The number of alkyl halides is 1. The van der Waals surface area contributed by atoms with Gasteiger partial charge in [-0.15, -0.1) is 11.6 Å². The van der Waals surface area contributed by atoms with Crippen LogP contribution in [-0.2, 0) is 15.1 Å². The molecule has 1 fully saturated rings. The van der Waals surface area contributed by atoms with E-state index in [9.17, 15) is 4.79 Å². The van der Waals surface area contributed by atoms with Crippen LogP contribution in [0.1, 0.15) is 25.8 Å². The Morgan fingerprint density at radius 3 is 2.65 bits per heavy atom. The summed E-state index contributed by atoms with van der Waals surface area (Å²) < 4.78 is 5.85. The molecule has 1 saturated heterocycles. The highest BCUT2D eigenvalue weighted by molar-refractivity contribution is 6.26. The van der Waals surface area contributed by atoms with Crippen molar-refractivity contribution in [3.8, 4) is 0 Å². The third-order valence-electron chi connectivity index (χ3n) is 4.66. The van der Waals surface area contributed by atoms with Crippen LogP contribution in [0.5, 0.6) is 0 Å². The quantitative estimate of drug-likeness (QED) is 0.634. The summed E-state index contributed by atoms with van der Waals surface area (Å²) in [6.45, 7) is 5.22. The minimum atomic E-state index is -0.570. The third kappa shape index (κ3) is 2.70. The van der Waals surface area contributed by atoms with Crippen molar-refractivity contribution in [1.29, 1.82) is 0 Å². The normalized spacial score (nSPS) is 31.0. The van der Waals surface area contributed by atoms with Crippen LogP contribution in [0.2, 0.25) is 0 Å². The van der Waals surface area contributed by atoms with Gasteiger partial charge in [0.2, 0.25) is 0 Å². The number of piperidine rings is 1. The number of carbonyl (C=O) groups excluding carboxylic acids is 1. The van der Waals surface area contributed by atoms with Crippen LogP contribution in [0.15, 0.2) is 30.3 Å². The number of hydrogen-bond donors (Lipinski definition) is 0. The Morgan fingerprint density at radius 2 is 2.05 bits per heavy atom. The van der Waals surface area contributed by atoms with E-state index in [-0.39, 0.29) is 17.8 Å². The second-order valence-corrected chi connectivity index (χ2v) is 5.89. The first-order chi connectivity index (χ1) is 9.51. The highest BCUT2D eigenvalue weighted by atomic mass is 35.5. The summed E-state index contributed by atoms with van der Waals surface area (Å²) in [5.74, 6) is -0.249. The molecule has 0 radical (unpaired) electrons. The fourth-order valence-electron chi connectivity index (χ4n) is 3.11. The summed E-state index contributed by atoms with van der Waals surface area (Å²) in [5.41, 5.74) is 0.491. The largest absolute Gasteiger partial charge is 0.453 e. The fraction of sp³-hybridized carbons (Fsp3) is 0.562. The van der Waals surface area contributed by atoms with Crippen LogP contribution in [0.4, 0.5) is 0 Å². The molecule has 0 amide bonds. The Morgan fingerprint density at radius 1 is 1.40 bits per heavy atom. The van der Waals surface area contributed by atoms with Gasteiger partial charge in [-0.25, -0.2) is 0 Å². The maximum atomic E-state index is 11.8. The molecule has 1 aliphatic rings. The van der Waals surface area contributed by atoms with Crippen LogP contribution in [0, 0.1) is 5.92 Å². The molecular weight excluding hydrogens is 274 g/mol. The summed E-state index contributed by atoms with van der Waals surface area (Å²) in [5, 5.41) is 0. The lowest BCUT2D eigenvalue weighted by atomic mass is 9.73. The van der Waals surface area contributed by atoms with E-state index in [0.717, 1.165) is 18.5 Å². The fourth-order valence-corrected chi connectivity index (χ4v) is 3.16. The molecule has 4 heteroatoms. The summed E-state index contributed by atoms with van der Waals surface area (Å²) in [4.78, 5) is 14.1. The Hall–Kier alpha value is -1.06. The monoisotopic (exact) mass is 295 g/mol. The average Bonchev–Trinajstić information content (AvgIpc) is 2.49. The van der Waals surface area contributed by atoms with E-state index in [2.05, 4.69) is 25.8 Å². The molecule has 0 N–H and O–H groups in total. The van der Waals surface area contributed by atoms with Crippen molar-refractivity contribution in [1.82, 2.24) is 4.90 Å². The Labute approximate surface area is 125 Å². The highest BCUT2D eigenvalue weighted by Crippen LogP contribution is 2.43. The first-order valence-corrected chi connectivity index (χ1v) is 7.58. The molecule has 20 heavy (non-hydrogen) atoms. The lowest BCUT2D eigenvalue weighted by Crippen LogP contribution is -2.54. The van der Waals surface area contributed by atoms with E-state index < -0.39 is 5.60 Å². The second kappa shape index (κ2) is 6.15. The topological polar surface area (TPSA) is 29.5 Å². The van der Waals surface area contributed by atoms with Gasteiger partial charge in [0.15, 0.2) is 0 Å². The lowest BCUT2D eigenvalue weighted by Gasteiger charge is -2.49. The number of nitrogens with zero attached hydrogens (tertiary/aromatic N) is 1. The van der Waals surface area contributed by atoms with Gasteiger partial charge < -0.3 is 9.64 Å². The summed E-state index contributed by atoms with van der Waals surface area (Å²) in [6, 6.07) is 10.4. The van der Waals surface area contributed by atoms with E-state index in [1.54, 1.807) is 0 Å². The average molecular weight is 296 g/mol. The molecule has 0 spiro atoms. The number of halogens is 1. The first-order valence-electron chi connectivity index (χ1n) is 7.05. The highest BCUT2D eigenvalue weighted by Gasteiger charge is 2.47. The number of hydrogen-bond acceptors (Lipinski definition) is 3. The van der Waals surface area contributed by atoms with Crippen molar-refractivity contribution in [2.45, 2.75) is 31.9 Å². The molecule has 2 rings (SSSR count). The van der Waals surface area contributed by atoms with Gasteiger partial charge in [-0.3, -0.25) is 4.79 Å². The number of ether oxygens (including phenoxy) is 1. The Bertz CT molecular complexity index is 465. The minimum Gasteiger partial charge on any atom is -0.453 e. The van der Waals surface area contributed by atoms with Crippen molar-refractivity contribution < 1.29 is 9.53 Å². The van der Waals surface area contributed by atoms with Crippen molar-refractivity contribution in [3.05, 3.63) is 35.9 Å². The molecular formula is C16H22ClNO2. The predicted molar refractivity (Wildman–Crippen MR) is 80.8 cm³/mol. The Kier molecular flexibility index (Phi) is 4.71. The summed E-state index contributed by atoms with van der Waals surface area (Å²) in [6.07, 6.45) is 0.793. The van der Waals surface area contributed by atoms with Gasteiger partial charge in [0.05, 0.1) is 0 Å². The van der Waals surface area contributed by atoms with Crippen LogP contribution in [0.25, 0.3) is 0 Å². The van der Waals surface area contributed by atoms with Gasteiger partial charge in [0, 0.05) is 24.9 Å². The zero-order chi connectivity index (χ0) is 14.8.